The van der Waals surface area contributed by atoms with E-state index in [2.05, 4.69) is 4.52 Å². The number of rotatable bonds is 2. The lowest BCUT2D eigenvalue weighted by Crippen LogP contribution is -1.89. The summed E-state index contributed by atoms with van der Waals surface area (Å²) in [5, 5.41) is 0. The fraction of sp³-hybridized carbons (Fsp3) is 0.143. The predicted molar refractivity (Wildman–Crippen MR) is 47.5 cm³/mol. The highest BCUT2D eigenvalue weighted by Gasteiger charge is 2.14. The zero-order valence-electron chi connectivity index (χ0n) is 6.97. The van der Waals surface area contributed by atoms with Gasteiger partial charge >= 0.3 is 7.82 Å². The molecule has 0 saturated carbocycles. The first-order valence-electron chi connectivity index (χ1n) is 3.29. The van der Waals surface area contributed by atoms with Crippen LogP contribution in [-0.4, -0.2) is 15.3 Å². The second-order valence-corrected chi connectivity index (χ2v) is 3.56. The zero-order chi connectivity index (χ0) is 9.19. The van der Waals surface area contributed by atoms with Crippen molar-refractivity contribution in [1.82, 2.24) is 0 Å². The highest BCUT2D eigenvalue weighted by Crippen LogP contribution is 2.37. The van der Waals surface area contributed by atoms with E-state index in [1.165, 1.54) is 12.1 Å². The number of hydrogen-bond donors (Lipinski definition) is 2. The molecule has 0 saturated heterocycles. The van der Waals surface area contributed by atoms with E-state index in [0.717, 1.165) is 5.56 Å². The molecule has 0 amide bonds. The van der Waals surface area contributed by atoms with Gasteiger partial charge in [-0.15, -0.1) is 0 Å². The molecule has 0 aromatic heterocycles. The molecule has 0 unspecified atom stereocenters. The molecule has 13 heavy (non-hydrogen) atoms. The standard InChI is InChI=1S/C7H9O4P.H2O/c1-6-2-4-7(5-3-6)11-12(8,9)10;/h2-5H,1H3,(H2,8,9,10);1H2. The van der Waals surface area contributed by atoms with Crippen LogP contribution >= 0.6 is 7.82 Å². The van der Waals surface area contributed by atoms with Gasteiger partial charge in [0.05, 0.1) is 0 Å². The Kier molecular flexibility index (Phi) is 4.10. The van der Waals surface area contributed by atoms with Crippen molar-refractivity contribution in [2.45, 2.75) is 6.92 Å². The Hall–Kier alpha value is -0.870. The van der Waals surface area contributed by atoms with Gasteiger partial charge in [-0.2, -0.15) is 0 Å². The summed E-state index contributed by atoms with van der Waals surface area (Å²) in [5.41, 5.74) is 1.01. The van der Waals surface area contributed by atoms with Crippen LogP contribution in [0.1, 0.15) is 5.56 Å². The number of phosphoric acid groups is 1. The minimum Gasteiger partial charge on any atom is -0.412 e. The number of hydrogen-bond acceptors (Lipinski definition) is 2. The molecular weight excluding hydrogens is 195 g/mol. The summed E-state index contributed by atoms with van der Waals surface area (Å²) in [7, 11) is -4.40. The van der Waals surface area contributed by atoms with Gasteiger partial charge in [-0.05, 0) is 19.1 Å². The molecule has 4 N–H and O–H groups in total. The van der Waals surface area contributed by atoms with Crippen LogP contribution in [0, 0.1) is 6.92 Å². The van der Waals surface area contributed by atoms with Crippen molar-refractivity contribution in [2.75, 3.05) is 0 Å². The molecule has 1 aromatic rings. The molecular formula is C7H11O5P. The molecule has 6 heteroatoms. The number of phosphoric ester groups is 1. The monoisotopic (exact) mass is 206 g/mol. The summed E-state index contributed by atoms with van der Waals surface area (Å²) < 4.78 is 14.7. The fourth-order valence-corrected chi connectivity index (χ4v) is 1.13. The molecule has 0 aliphatic carbocycles. The van der Waals surface area contributed by atoms with Gasteiger partial charge in [0.15, 0.2) is 0 Å². The van der Waals surface area contributed by atoms with Crippen LogP contribution in [0.3, 0.4) is 0 Å². The third-order valence-corrected chi connectivity index (χ3v) is 1.69. The lowest BCUT2D eigenvalue weighted by atomic mass is 10.2. The van der Waals surface area contributed by atoms with Crippen molar-refractivity contribution < 1.29 is 24.4 Å². The van der Waals surface area contributed by atoms with Crippen molar-refractivity contribution in [2.24, 2.45) is 0 Å². The second kappa shape index (κ2) is 4.39. The molecule has 1 rings (SSSR count). The van der Waals surface area contributed by atoms with Gasteiger partial charge in [-0.1, -0.05) is 17.7 Å². The third kappa shape index (κ3) is 4.65. The van der Waals surface area contributed by atoms with Crippen molar-refractivity contribution in [1.29, 1.82) is 0 Å². The molecule has 0 spiro atoms. The molecule has 0 aliphatic rings. The molecule has 0 atom stereocenters. The quantitative estimate of drug-likeness (QED) is 0.693. The van der Waals surface area contributed by atoms with Gasteiger partial charge in [-0.3, -0.25) is 9.79 Å². The maximum atomic E-state index is 10.4. The third-order valence-electron chi connectivity index (χ3n) is 1.25. The Morgan fingerprint density at radius 2 is 1.69 bits per heavy atom. The van der Waals surface area contributed by atoms with Crippen molar-refractivity contribution in [3.05, 3.63) is 29.8 Å². The van der Waals surface area contributed by atoms with E-state index in [4.69, 9.17) is 9.79 Å². The lowest BCUT2D eigenvalue weighted by molar-refractivity contribution is 0.283. The molecule has 0 fully saturated rings. The highest BCUT2D eigenvalue weighted by molar-refractivity contribution is 7.46. The zero-order valence-corrected chi connectivity index (χ0v) is 7.86. The lowest BCUT2D eigenvalue weighted by Gasteiger charge is -2.05. The summed E-state index contributed by atoms with van der Waals surface area (Å²) in [6.07, 6.45) is 0. The van der Waals surface area contributed by atoms with E-state index in [1.807, 2.05) is 6.92 Å². The molecule has 0 aliphatic heterocycles. The van der Waals surface area contributed by atoms with Gasteiger partial charge in [0, 0.05) is 0 Å². The average Bonchev–Trinajstić information content (AvgIpc) is 1.91. The van der Waals surface area contributed by atoms with Crippen LogP contribution in [0.5, 0.6) is 5.75 Å². The molecule has 0 radical (unpaired) electrons. The molecule has 5 nitrogen and oxygen atoms in total. The minimum absolute atomic E-state index is 0. The average molecular weight is 206 g/mol. The van der Waals surface area contributed by atoms with E-state index < -0.39 is 7.82 Å². The van der Waals surface area contributed by atoms with Gasteiger partial charge in [0.1, 0.15) is 5.75 Å². The minimum atomic E-state index is -4.40. The first-order valence-corrected chi connectivity index (χ1v) is 4.82. The van der Waals surface area contributed by atoms with Gasteiger partial charge < -0.3 is 10.00 Å². The van der Waals surface area contributed by atoms with Crippen molar-refractivity contribution in [3.63, 3.8) is 0 Å². The van der Waals surface area contributed by atoms with E-state index in [-0.39, 0.29) is 11.2 Å². The van der Waals surface area contributed by atoms with Crippen LogP contribution in [0.25, 0.3) is 0 Å². The Morgan fingerprint density at radius 3 is 2.08 bits per heavy atom. The molecule has 0 heterocycles. The van der Waals surface area contributed by atoms with Crippen LogP contribution < -0.4 is 4.52 Å². The Labute approximate surface area is 75.5 Å². The van der Waals surface area contributed by atoms with Crippen LogP contribution in [0.15, 0.2) is 24.3 Å². The summed E-state index contributed by atoms with van der Waals surface area (Å²) >= 11 is 0. The smallest absolute Gasteiger partial charge is 0.412 e. The predicted octanol–water partition coefficient (Wildman–Crippen LogP) is 0.642. The summed E-state index contributed by atoms with van der Waals surface area (Å²) in [5.74, 6) is 0.175. The number of benzene rings is 1. The van der Waals surface area contributed by atoms with E-state index in [0.29, 0.717) is 0 Å². The van der Waals surface area contributed by atoms with E-state index >= 15 is 0 Å². The van der Waals surface area contributed by atoms with Crippen LogP contribution in [-0.2, 0) is 4.57 Å². The van der Waals surface area contributed by atoms with Crippen molar-refractivity contribution >= 4 is 7.82 Å². The normalized spacial score (nSPS) is 10.4. The Morgan fingerprint density at radius 1 is 1.23 bits per heavy atom. The maximum absolute atomic E-state index is 10.4. The Balaban J connectivity index is 0.00000144. The topological polar surface area (TPSA) is 98.3 Å². The van der Waals surface area contributed by atoms with Gasteiger partial charge in [0.2, 0.25) is 0 Å². The summed E-state index contributed by atoms with van der Waals surface area (Å²) in [6, 6.07) is 6.44. The van der Waals surface area contributed by atoms with E-state index in [9.17, 15) is 4.57 Å². The second-order valence-electron chi connectivity index (χ2n) is 2.39. The van der Waals surface area contributed by atoms with Crippen molar-refractivity contribution in [3.8, 4) is 5.75 Å². The Bertz CT molecular complexity index is 301. The first kappa shape index (κ1) is 12.1. The SMILES string of the molecule is Cc1ccc(OP(=O)(O)O)cc1.O. The van der Waals surface area contributed by atoms with Crippen LogP contribution in [0.2, 0.25) is 0 Å². The summed E-state index contributed by atoms with van der Waals surface area (Å²) in [6.45, 7) is 1.88. The number of aryl methyl sites for hydroxylation is 1. The first-order chi connectivity index (χ1) is 5.47. The van der Waals surface area contributed by atoms with Gasteiger partial charge in [-0.25, -0.2) is 4.57 Å². The van der Waals surface area contributed by atoms with Crippen LogP contribution in [0.4, 0.5) is 0 Å². The maximum Gasteiger partial charge on any atom is 0.524 e. The van der Waals surface area contributed by atoms with E-state index in [1.54, 1.807) is 12.1 Å². The van der Waals surface area contributed by atoms with Gasteiger partial charge in [0.25, 0.3) is 0 Å². The molecule has 0 bridgehead atoms. The molecule has 74 valence electrons. The molecule has 1 aromatic carbocycles. The fourth-order valence-electron chi connectivity index (χ4n) is 0.736. The summed E-state index contributed by atoms with van der Waals surface area (Å²) in [4.78, 5) is 16.9. The highest BCUT2D eigenvalue weighted by atomic mass is 31.2. The largest absolute Gasteiger partial charge is 0.524 e.